The molecule has 28 heavy (non-hydrogen) atoms. The average Bonchev–Trinajstić information content (AvgIpc) is 3.32. The van der Waals surface area contributed by atoms with Crippen LogP contribution in [0.25, 0.3) is 11.3 Å². The summed E-state index contributed by atoms with van der Waals surface area (Å²) in [5.41, 5.74) is 2.66. The monoisotopic (exact) mass is 378 g/mol. The van der Waals surface area contributed by atoms with E-state index in [9.17, 15) is 4.79 Å². The fourth-order valence-electron chi connectivity index (χ4n) is 3.85. The molecule has 1 N–H and O–H groups in total. The second-order valence-electron chi connectivity index (χ2n) is 7.78. The van der Waals surface area contributed by atoms with E-state index >= 15 is 0 Å². The molecule has 8 heteroatoms. The number of hydrogen-bond acceptors (Lipinski definition) is 6. The van der Waals surface area contributed by atoms with Crippen molar-refractivity contribution in [1.29, 1.82) is 0 Å². The minimum absolute atomic E-state index is 0.116. The molecule has 2 aromatic heterocycles. The molecule has 3 aromatic rings. The topological polar surface area (TPSA) is 89.1 Å². The Morgan fingerprint density at radius 1 is 1.21 bits per heavy atom. The molecule has 1 aromatic carbocycles. The molecule has 2 fully saturated rings. The first kappa shape index (κ1) is 17.1. The molecule has 1 saturated heterocycles. The number of likely N-dealkylation sites (tertiary alicyclic amines) is 1. The zero-order chi connectivity index (χ0) is 19.1. The van der Waals surface area contributed by atoms with Gasteiger partial charge in [-0.05, 0) is 19.9 Å². The highest BCUT2D eigenvalue weighted by molar-refractivity contribution is 5.92. The van der Waals surface area contributed by atoms with Crippen LogP contribution in [-0.4, -0.2) is 57.1 Å². The summed E-state index contributed by atoms with van der Waals surface area (Å²) in [6, 6.07) is 11.7. The molecule has 0 spiro atoms. The summed E-state index contributed by atoms with van der Waals surface area (Å²) in [5, 5.41) is 15.6. The average molecular weight is 378 g/mol. The van der Waals surface area contributed by atoms with Crippen LogP contribution in [0, 0.1) is 0 Å². The van der Waals surface area contributed by atoms with Crippen LogP contribution >= 0.6 is 0 Å². The molecular formula is C20H22N6O2. The van der Waals surface area contributed by atoms with E-state index in [0.717, 1.165) is 37.2 Å². The van der Waals surface area contributed by atoms with Gasteiger partial charge < -0.3 is 14.7 Å². The van der Waals surface area contributed by atoms with Gasteiger partial charge in [0.2, 0.25) is 5.76 Å². The maximum absolute atomic E-state index is 12.4. The first-order valence-corrected chi connectivity index (χ1v) is 9.59. The van der Waals surface area contributed by atoms with Crippen molar-refractivity contribution in [3.8, 4) is 11.3 Å². The molecule has 144 valence electrons. The Morgan fingerprint density at radius 3 is 2.75 bits per heavy atom. The SMILES string of the molecule is CN1CC(c2cn(C3CC(NC(=O)c4cc(-c5ccccc5)no4)C3)nn2)C1. The van der Waals surface area contributed by atoms with E-state index in [1.165, 1.54) is 0 Å². The summed E-state index contributed by atoms with van der Waals surface area (Å²) < 4.78 is 7.17. The second-order valence-corrected chi connectivity index (χ2v) is 7.78. The van der Waals surface area contributed by atoms with Gasteiger partial charge in [-0.15, -0.1) is 5.10 Å². The lowest BCUT2D eigenvalue weighted by atomic mass is 9.86. The van der Waals surface area contributed by atoms with E-state index in [-0.39, 0.29) is 17.7 Å². The number of hydrogen-bond donors (Lipinski definition) is 1. The standard InChI is InChI=1S/C20H22N6O2/c1-25-10-14(11-25)18-12-26(24-22-18)16-7-15(8-16)21-20(27)19-9-17(23-28-19)13-5-3-2-4-6-13/h2-6,9,12,14-16H,7-8,10-11H2,1H3,(H,21,27). The van der Waals surface area contributed by atoms with E-state index in [2.05, 4.69) is 38.9 Å². The van der Waals surface area contributed by atoms with Crippen LogP contribution in [0.15, 0.2) is 47.1 Å². The first-order chi connectivity index (χ1) is 13.7. The highest BCUT2D eigenvalue weighted by Gasteiger charge is 2.34. The molecule has 0 radical (unpaired) electrons. The van der Waals surface area contributed by atoms with Crippen molar-refractivity contribution >= 4 is 5.91 Å². The van der Waals surface area contributed by atoms with E-state index < -0.39 is 0 Å². The molecule has 1 saturated carbocycles. The van der Waals surface area contributed by atoms with Crippen LogP contribution in [0.1, 0.15) is 41.1 Å². The van der Waals surface area contributed by atoms with Crippen LogP contribution in [0.2, 0.25) is 0 Å². The summed E-state index contributed by atoms with van der Waals surface area (Å²) in [6.07, 6.45) is 3.75. The van der Waals surface area contributed by atoms with Crippen molar-refractivity contribution < 1.29 is 9.32 Å². The Hall–Kier alpha value is -3.00. The molecule has 2 aliphatic rings. The highest BCUT2D eigenvalue weighted by Crippen LogP contribution is 2.33. The summed E-state index contributed by atoms with van der Waals surface area (Å²) in [5.74, 6) is 0.508. The number of likely N-dealkylation sites (N-methyl/N-ethyl adjacent to an activating group) is 1. The largest absolute Gasteiger partial charge is 0.350 e. The minimum atomic E-state index is -0.227. The summed E-state index contributed by atoms with van der Waals surface area (Å²) in [7, 11) is 2.11. The molecule has 0 bridgehead atoms. The van der Waals surface area contributed by atoms with Gasteiger partial charge in [0.25, 0.3) is 5.91 Å². The number of rotatable bonds is 5. The van der Waals surface area contributed by atoms with Gasteiger partial charge in [0.05, 0.1) is 11.7 Å². The van der Waals surface area contributed by atoms with Crippen LogP contribution in [0.5, 0.6) is 0 Å². The van der Waals surface area contributed by atoms with Crippen molar-refractivity contribution in [2.24, 2.45) is 0 Å². The first-order valence-electron chi connectivity index (χ1n) is 9.59. The van der Waals surface area contributed by atoms with Crippen LogP contribution in [0.4, 0.5) is 0 Å². The molecule has 0 unspecified atom stereocenters. The lowest BCUT2D eigenvalue weighted by Gasteiger charge is -2.36. The predicted molar refractivity (Wildman–Crippen MR) is 102 cm³/mol. The summed E-state index contributed by atoms with van der Waals surface area (Å²) >= 11 is 0. The second kappa shape index (κ2) is 6.87. The third kappa shape index (κ3) is 3.20. The van der Waals surface area contributed by atoms with Crippen molar-refractivity contribution in [3.63, 3.8) is 0 Å². The smallest absolute Gasteiger partial charge is 0.290 e. The Labute approximate surface area is 162 Å². The Bertz CT molecular complexity index is 970. The van der Waals surface area contributed by atoms with E-state index in [1.807, 2.05) is 35.0 Å². The predicted octanol–water partition coefficient (Wildman–Crippen LogP) is 2.10. The number of amides is 1. The maximum Gasteiger partial charge on any atom is 0.290 e. The molecule has 1 aliphatic carbocycles. The van der Waals surface area contributed by atoms with E-state index in [1.54, 1.807) is 6.07 Å². The highest BCUT2D eigenvalue weighted by atomic mass is 16.5. The number of carbonyl (C=O) groups is 1. The van der Waals surface area contributed by atoms with Crippen LogP contribution in [0.3, 0.4) is 0 Å². The molecule has 8 nitrogen and oxygen atoms in total. The van der Waals surface area contributed by atoms with Gasteiger partial charge in [0.15, 0.2) is 0 Å². The lowest BCUT2D eigenvalue weighted by Crippen LogP contribution is -2.45. The fourth-order valence-corrected chi connectivity index (χ4v) is 3.85. The molecule has 1 aliphatic heterocycles. The quantitative estimate of drug-likeness (QED) is 0.731. The maximum atomic E-state index is 12.4. The van der Waals surface area contributed by atoms with Gasteiger partial charge >= 0.3 is 0 Å². The molecular weight excluding hydrogens is 356 g/mol. The van der Waals surface area contributed by atoms with Gasteiger partial charge in [-0.2, -0.15) is 0 Å². The zero-order valence-corrected chi connectivity index (χ0v) is 15.7. The fraction of sp³-hybridized carbons (Fsp3) is 0.400. The van der Waals surface area contributed by atoms with Crippen molar-refractivity contribution in [2.75, 3.05) is 20.1 Å². The number of aromatic nitrogens is 4. The van der Waals surface area contributed by atoms with E-state index in [4.69, 9.17) is 4.52 Å². The lowest BCUT2D eigenvalue weighted by molar-refractivity contribution is 0.0850. The van der Waals surface area contributed by atoms with Crippen molar-refractivity contribution in [2.45, 2.75) is 30.8 Å². The Balaban J connectivity index is 1.15. The number of nitrogens with one attached hydrogen (secondary N) is 1. The third-order valence-electron chi connectivity index (χ3n) is 5.64. The molecule has 3 heterocycles. The van der Waals surface area contributed by atoms with Gasteiger partial charge in [-0.1, -0.05) is 40.7 Å². The Kier molecular flexibility index (Phi) is 4.20. The minimum Gasteiger partial charge on any atom is -0.350 e. The molecule has 1 amide bonds. The summed E-state index contributed by atoms with van der Waals surface area (Å²) in [6.45, 7) is 2.09. The zero-order valence-electron chi connectivity index (χ0n) is 15.7. The van der Waals surface area contributed by atoms with E-state index in [0.29, 0.717) is 17.7 Å². The van der Waals surface area contributed by atoms with Crippen molar-refractivity contribution in [1.82, 2.24) is 30.4 Å². The Morgan fingerprint density at radius 2 is 2.00 bits per heavy atom. The van der Waals surface area contributed by atoms with Crippen LogP contribution < -0.4 is 5.32 Å². The third-order valence-corrected chi connectivity index (χ3v) is 5.64. The van der Waals surface area contributed by atoms with Crippen molar-refractivity contribution in [3.05, 3.63) is 54.0 Å². The summed E-state index contributed by atoms with van der Waals surface area (Å²) in [4.78, 5) is 14.7. The number of carbonyl (C=O) groups excluding carboxylic acids is 1. The molecule has 0 atom stereocenters. The number of benzene rings is 1. The van der Waals surface area contributed by atoms with Gasteiger partial charge in [0, 0.05) is 42.9 Å². The van der Waals surface area contributed by atoms with Gasteiger partial charge in [-0.3, -0.25) is 4.79 Å². The molecule has 5 rings (SSSR count). The van der Waals surface area contributed by atoms with Crippen LogP contribution in [-0.2, 0) is 0 Å². The van der Waals surface area contributed by atoms with Gasteiger partial charge in [0.1, 0.15) is 5.69 Å². The van der Waals surface area contributed by atoms with Gasteiger partial charge in [-0.25, -0.2) is 4.68 Å². The normalized spacial score (nSPS) is 22.5. The number of nitrogens with zero attached hydrogens (tertiary/aromatic N) is 5.